The SMILES string of the molecule is CN1CCN([C@@H]2CCCN(c3cnc(C(N)O)c(Nc4ccc(N5CCC(CN6Cc7ccc8c(C9CCC(=O)NC9=O)coc8c7C6)CC5)cc4)n3)C2)C1=O. The van der Waals surface area contributed by atoms with Crippen LogP contribution in [-0.2, 0) is 22.7 Å². The molecule has 0 spiro atoms. The van der Waals surface area contributed by atoms with Crippen LogP contribution in [-0.4, -0.2) is 107 Å². The molecule has 5 N–H and O–H groups in total. The molecule has 7 heterocycles. The van der Waals surface area contributed by atoms with Crippen molar-refractivity contribution in [2.24, 2.45) is 11.7 Å². The van der Waals surface area contributed by atoms with Gasteiger partial charge in [0.15, 0.2) is 5.82 Å². The summed E-state index contributed by atoms with van der Waals surface area (Å²) in [6.07, 6.45) is 7.04. The van der Waals surface area contributed by atoms with Crippen molar-refractivity contribution in [1.29, 1.82) is 0 Å². The van der Waals surface area contributed by atoms with Crippen LogP contribution in [0.1, 0.15) is 73.1 Å². The van der Waals surface area contributed by atoms with Crippen LogP contribution in [0.3, 0.4) is 0 Å². The van der Waals surface area contributed by atoms with Crippen molar-refractivity contribution in [3.63, 3.8) is 0 Å². The minimum atomic E-state index is -1.29. The van der Waals surface area contributed by atoms with Gasteiger partial charge in [-0.25, -0.2) is 14.8 Å². The van der Waals surface area contributed by atoms with E-state index in [0.29, 0.717) is 36.9 Å². The fourth-order valence-electron chi connectivity index (χ4n) is 9.35. The first kappa shape index (κ1) is 36.4. The molecule has 2 aromatic heterocycles. The van der Waals surface area contributed by atoms with E-state index in [1.807, 2.05) is 24.1 Å². The Hall–Kier alpha value is -5.25. The number of amides is 4. The number of anilines is 4. The number of aliphatic hydroxyl groups excluding tert-OH is 1. The molecule has 2 unspecified atom stereocenters. The predicted octanol–water partition coefficient (Wildman–Crippen LogP) is 4.00. The fourth-order valence-corrected chi connectivity index (χ4v) is 9.35. The number of piperidine rings is 3. The summed E-state index contributed by atoms with van der Waals surface area (Å²) in [5, 5.41) is 17.1. The van der Waals surface area contributed by atoms with Crippen molar-refractivity contribution in [1.82, 2.24) is 30.0 Å². The lowest BCUT2D eigenvalue weighted by atomic mass is 9.89. The zero-order valence-corrected chi connectivity index (χ0v) is 31.8. The number of nitrogens with two attached hydrogens (primary N) is 1. The first-order chi connectivity index (χ1) is 27.2. The predicted molar refractivity (Wildman–Crippen MR) is 211 cm³/mol. The number of nitrogens with zero attached hydrogens (tertiary/aromatic N) is 7. The van der Waals surface area contributed by atoms with E-state index in [2.05, 4.69) is 54.6 Å². The monoisotopic (exact) mass is 762 g/mol. The molecule has 4 aromatic rings. The Balaban J connectivity index is 0.798. The van der Waals surface area contributed by atoms with Crippen LogP contribution in [0.2, 0.25) is 0 Å². The summed E-state index contributed by atoms with van der Waals surface area (Å²) in [4.78, 5) is 57.2. The van der Waals surface area contributed by atoms with Crippen molar-refractivity contribution in [2.75, 3.05) is 68.0 Å². The van der Waals surface area contributed by atoms with E-state index in [4.69, 9.17) is 15.1 Å². The van der Waals surface area contributed by atoms with Gasteiger partial charge in [0.05, 0.1) is 24.4 Å². The van der Waals surface area contributed by atoms with Crippen LogP contribution in [0.5, 0.6) is 0 Å². The molecule has 5 aliphatic rings. The summed E-state index contributed by atoms with van der Waals surface area (Å²) in [5.74, 6) is 0.884. The molecule has 4 saturated heterocycles. The van der Waals surface area contributed by atoms with Gasteiger partial charge in [0.1, 0.15) is 23.3 Å². The van der Waals surface area contributed by atoms with Gasteiger partial charge < -0.3 is 40.2 Å². The summed E-state index contributed by atoms with van der Waals surface area (Å²) in [5.41, 5.74) is 12.4. The van der Waals surface area contributed by atoms with Crippen molar-refractivity contribution >= 4 is 51.8 Å². The Kier molecular flexibility index (Phi) is 9.75. The average molecular weight is 763 g/mol. The number of imide groups is 1. The minimum Gasteiger partial charge on any atom is -0.464 e. The Labute approximate surface area is 325 Å². The summed E-state index contributed by atoms with van der Waals surface area (Å²) >= 11 is 0. The lowest BCUT2D eigenvalue weighted by Gasteiger charge is -2.38. The quantitative estimate of drug-likeness (QED) is 0.143. The van der Waals surface area contributed by atoms with Crippen molar-refractivity contribution in [3.05, 3.63) is 71.2 Å². The topological polar surface area (TPSA) is 177 Å². The largest absolute Gasteiger partial charge is 0.464 e. The second-order valence-corrected chi connectivity index (χ2v) is 16.1. The Morgan fingerprint density at radius 3 is 2.55 bits per heavy atom. The van der Waals surface area contributed by atoms with E-state index in [-0.39, 0.29) is 35.5 Å². The number of benzene rings is 2. The summed E-state index contributed by atoms with van der Waals surface area (Å²) in [6.45, 7) is 7.67. The molecule has 2 aromatic carbocycles. The highest BCUT2D eigenvalue weighted by atomic mass is 16.3. The van der Waals surface area contributed by atoms with E-state index in [9.17, 15) is 19.5 Å². The van der Waals surface area contributed by atoms with Gasteiger partial charge in [-0.05, 0) is 67.9 Å². The summed E-state index contributed by atoms with van der Waals surface area (Å²) in [6, 6.07) is 12.7. The van der Waals surface area contributed by atoms with Gasteiger partial charge in [0.25, 0.3) is 0 Å². The van der Waals surface area contributed by atoms with Crippen molar-refractivity contribution < 1.29 is 23.9 Å². The number of carbonyl (C=O) groups excluding carboxylic acids is 3. The van der Waals surface area contributed by atoms with E-state index >= 15 is 0 Å². The maximum absolute atomic E-state index is 12.7. The molecule has 294 valence electrons. The summed E-state index contributed by atoms with van der Waals surface area (Å²) in [7, 11) is 1.84. The van der Waals surface area contributed by atoms with E-state index < -0.39 is 6.23 Å². The van der Waals surface area contributed by atoms with Crippen LogP contribution >= 0.6 is 0 Å². The van der Waals surface area contributed by atoms with Crippen LogP contribution in [0, 0.1) is 5.92 Å². The molecule has 56 heavy (non-hydrogen) atoms. The number of aliphatic hydroxyl groups is 1. The molecule has 4 amide bonds. The number of hydrogen-bond donors (Lipinski definition) is 4. The van der Waals surface area contributed by atoms with Gasteiger partial charge >= 0.3 is 6.03 Å². The number of hydrogen-bond acceptors (Lipinski definition) is 12. The summed E-state index contributed by atoms with van der Waals surface area (Å²) < 4.78 is 6.10. The van der Waals surface area contributed by atoms with Crippen LogP contribution in [0.15, 0.2) is 53.3 Å². The van der Waals surface area contributed by atoms with Crippen LogP contribution in [0.25, 0.3) is 11.0 Å². The van der Waals surface area contributed by atoms with Gasteiger partial charge in [-0.15, -0.1) is 0 Å². The third-order valence-electron chi connectivity index (χ3n) is 12.5. The lowest BCUT2D eigenvalue weighted by molar-refractivity contribution is -0.134. The van der Waals surface area contributed by atoms with E-state index in [0.717, 1.165) is 106 Å². The van der Waals surface area contributed by atoms with Crippen molar-refractivity contribution in [3.8, 4) is 0 Å². The molecule has 15 heteroatoms. The first-order valence-electron chi connectivity index (χ1n) is 20.0. The van der Waals surface area contributed by atoms with Crippen LogP contribution < -0.4 is 26.2 Å². The molecule has 0 bridgehead atoms. The Morgan fingerprint density at radius 2 is 1.80 bits per heavy atom. The van der Waals surface area contributed by atoms with Crippen molar-refractivity contribution in [2.45, 2.75) is 69.8 Å². The smallest absolute Gasteiger partial charge is 0.320 e. The zero-order valence-electron chi connectivity index (χ0n) is 31.8. The van der Waals surface area contributed by atoms with Gasteiger partial charge in [-0.1, -0.05) is 12.1 Å². The number of fused-ring (bicyclic) bond motifs is 3. The van der Waals surface area contributed by atoms with E-state index in [1.165, 1.54) is 11.1 Å². The minimum absolute atomic E-state index is 0.0790. The van der Waals surface area contributed by atoms with Gasteiger partial charge in [0.2, 0.25) is 11.8 Å². The van der Waals surface area contributed by atoms with Gasteiger partial charge in [0, 0.05) is 100 Å². The highest BCUT2D eigenvalue weighted by Crippen LogP contribution is 2.38. The Bertz CT molecular complexity index is 2130. The standard InChI is InChI=1S/C41H50N10O5/c1-47-17-18-51(41(47)55)29-3-2-14-50(22-29)34-19-43-36(38(42)53)39(45-34)44-27-5-7-28(8-6-27)49-15-12-25(13-16-49)20-48-21-26-4-9-30-33(24-56-37(30)32(26)23-48)31-10-11-35(52)46-40(31)54/h4-9,19,24-25,29,31,38,53H,2-3,10-18,20-23,42H2,1H3,(H,44,45)(H,46,52,54)/t29-,31?,38?/m1/s1. The number of rotatable bonds is 9. The lowest BCUT2D eigenvalue weighted by Crippen LogP contribution is -2.49. The van der Waals surface area contributed by atoms with E-state index in [1.54, 1.807) is 17.4 Å². The third-order valence-corrected chi connectivity index (χ3v) is 12.5. The molecule has 0 radical (unpaired) electrons. The molecular formula is C41H50N10O5. The first-order valence-corrected chi connectivity index (χ1v) is 20.0. The highest BCUT2D eigenvalue weighted by molar-refractivity contribution is 6.03. The zero-order chi connectivity index (χ0) is 38.5. The van der Waals surface area contributed by atoms with Gasteiger partial charge in [-0.3, -0.25) is 19.8 Å². The molecule has 0 saturated carbocycles. The molecule has 9 rings (SSSR count). The second kappa shape index (κ2) is 15.0. The molecular weight excluding hydrogens is 713 g/mol. The third kappa shape index (κ3) is 7.03. The second-order valence-electron chi connectivity index (χ2n) is 16.1. The number of furan rings is 1. The van der Waals surface area contributed by atoms with Gasteiger partial charge in [-0.2, -0.15) is 0 Å². The highest BCUT2D eigenvalue weighted by Gasteiger charge is 2.36. The van der Waals surface area contributed by atoms with Crippen LogP contribution in [0.4, 0.5) is 27.8 Å². The number of aromatic nitrogens is 2. The number of urea groups is 1. The molecule has 0 aliphatic carbocycles. The maximum Gasteiger partial charge on any atom is 0.320 e. The normalized spacial score (nSPS) is 22.9. The Morgan fingerprint density at radius 1 is 0.982 bits per heavy atom. The number of carbonyl (C=O) groups is 3. The number of nitrogens with one attached hydrogen (secondary N) is 2. The molecule has 5 aliphatic heterocycles. The maximum atomic E-state index is 12.7. The number of likely N-dealkylation sites (N-methyl/N-ethyl adjacent to an activating group) is 1. The molecule has 4 fully saturated rings. The average Bonchev–Trinajstić information content (AvgIpc) is 3.91. The fraction of sp³-hybridized carbons (Fsp3) is 0.488. The molecule has 3 atom stereocenters. The molecule has 15 nitrogen and oxygen atoms in total.